The molecule has 0 aromatic heterocycles. The van der Waals surface area contributed by atoms with Crippen molar-refractivity contribution >= 4 is 48.2 Å². The van der Waals surface area contributed by atoms with Crippen LogP contribution in [-0.4, -0.2) is 0 Å². The summed E-state index contributed by atoms with van der Waals surface area (Å²) in [4.78, 5) is 0. The molecule has 84 valence electrons. The van der Waals surface area contributed by atoms with Crippen LogP contribution >= 0.6 is 31.9 Å². The molecule has 1 aliphatic carbocycles. The van der Waals surface area contributed by atoms with Crippen molar-refractivity contribution < 1.29 is 26.2 Å². The monoisotopic (exact) mass is 425 g/mol. The van der Waals surface area contributed by atoms with Crippen LogP contribution in [-0.2, 0) is 26.2 Å². The van der Waals surface area contributed by atoms with Crippen molar-refractivity contribution in [3.63, 3.8) is 0 Å². The Balaban J connectivity index is 0.00000108. The average Bonchev–Trinajstić information content (AvgIpc) is 2.89. The van der Waals surface area contributed by atoms with Gasteiger partial charge in [-0.25, -0.2) is 0 Å². The number of fused-ring (bicyclic) bond motifs is 1. The van der Waals surface area contributed by atoms with E-state index in [0.717, 1.165) is 10.9 Å². The fourth-order valence-corrected chi connectivity index (χ4v) is 3.41. The minimum absolute atomic E-state index is 0. The van der Waals surface area contributed by atoms with E-state index >= 15 is 0 Å². The van der Waals surface area contributed by atoms with Crippen molar-refractivity contribution in [2.45, 2.75) is 6.42 Å². The largest absolute Gasteiger partial charge is 0.118 e. The Hall–Kier alpha value is 0.153. The molecule has 0 spiro atoms. The van der Waals surface area contributed by atoms with Crippen molar-refractivity contribution in [2.75, 3.05) is 0 Å². The Morgan fingerprint density at radius 1 is 1.12 bits per heavy atom. The summed E-state index contributed by atoms with van der Waals surface area (Å²) in [5.74, 6) is 0. The van der Waals surface area contributed by atoms with E-state index in [-0.39, 0.29) is 26.2 Å². The zero-order chi connectivity index (χ0) is 11.1. The smallest absolute Gasteiger partial charge is 0 e. The molecule has 0 heterocycles. The molecule has 17 heavy (non-hydrogen) atoms. The Bertz CT molecular complexity index is 620. The number of allylic oxidation sites excluding steroid dienone is 4. The fraction of sp³-hybridized carbons (Fsp3) is 0.0714. The molecule has 2 aromatic carbocycles. The van der Waals surface area contributed by atoms with Gasteiger partial charge in [-0.1, -0.05) is 56.3 Å². The van der Waals surface area contributed by atoms with E-state index in [2.05, 4.69) is 74.4 Å². The summed E-state index contributed by atoms with van der Waals surface area (Å²) >= 11 is 7.34. The summed E-state index contributed by atoms with van der Waals surface area (Å²) in [6.07, 6.45) is 7.53. The number of hydrogen-bond donors (Lipinski definition) is 0. The molecule has 0 fully saturated rings. The van der Waals surface area contributed by atoms with Crippen LogP contribution in [0.3, 0.4) is 0 Å². The minimum Gasteiger partial charge on any atom is -0.118 e. The first kappa shape index (κ1) is 13.6. The summed E-state index contributed by atoms with van der Waals surface area (Å²) < 4.78 is 2.33. The zero-order valence-corrected chi connectivity index (χ0v) is 14.6. The molecule has 0 radical (unpaired) electrons. The second-order valence-electron chi connectivity index (χ2n) is 3.87. The molecular weight excluding hydrogens is 419 g/mol. The molecule has 1 aliphatic rings. The van der Waals surface area contributed by atoms with Crippen LogP contribution in [0.25, 0.3) is 16.3 Å². The van der Waals surface area contributed by atoms with Crippen molar-refractivity contribution in [1.29, 1.82) is 0 Å². The molecule has 0 amide bonds. The molecule has 0 atom stereocenters. The Morgan fingerprint density at radius 3 is 2.59 bits per heavy atom. The SMILES string of the molecule is Brc1c(Br)[c-](C2=CC=CC2)c2ccccc12.[Zr]. The van der Waals surface area contributed by atoms with E-state index in [1.54, 1.807) is 0 Å². The van der Waals surface area contributed by atoms with E-state index in [0.29, 0.717) is 0 Å². The van der Waals surface area contributed by atoms with Crippen LogP contribution in [0, 0.1) is 0 Å². The van der Waals surface area contributed by atoms with Gasteiger partial charge in [0.15, 0.2) is 0 Å². The predicted molar refractivity (Wildman–Crippen MR) is 76.7 cm³/mol. The van der Waals surface area contributed by atoms with Gasteiger partial charge < -0.3 is 0 Å². The quantitative estimate of drug-likeness (QED) is 0.532. The molecule has 0 N–H and O–H groups in total. The molecule has 0 saturated heterocycles. The van der Waals surface area contributed by atoms with Crippen molar-refractivity contribution in [3.05, 3.63) is 57.0 Å². The maximum atomic E-state index is 3.69. The summed E-state index contributed by atoms with van der Waals surface area (Å²) in [5.41, 5.74) is 2.71. The van der Waals surface area contributed by atoms with Gasteiger partial charge in [0.2, 0.25) is 0 Å². The first-order valence-electron chi connectivity index (χ1n) is 5.17. The second kappa shape index (κ2) is 5.42. The molecule has 0 aliphatic heterocycles. The third-order valence-electron chi connectivity index (χ3n) is 2.94. The van der Waals surface area contributed by atoms with Crippen LogP contribution in [0.2, 0.25) is 0 Å². The van der Waals surface area contributed by atoms with Gasteiger partial charge in [-0.3, -0.25) is 0 Å². The number of halogens is 2. The van der Waals surface area contributed by atoms with Crippen molar-refractivity contribution in [1.82, 2.24) is 0 Å². The van der Waals surface area contributed by atoms with E-state index in [1.807, 2.05) is 0 Å². The third kappa shape index (κ3) is 2.22. The molecule has 0 saturated carbocycles. The number of benzene rings is 1. The zero-order valence-electron chi connectivity index (χ0n) is 9.00. The Kier molecular flexibility index (Phi) is 4.33. The van der Waals surface area contributed by atoms with Gasteiger partial charge in [-0.2, -0.15) is 0 Å². The maximum Gasteiger partial charge on any atom is 0 e. The predicted octanol–water partition coefficient (Wildman–Crippen LogP) is 5.42. The van der Waals surface area contributed by atoms with E-state index in [4.69, 9.17) is 0 Å². The number of rotatable bonds is 1. The molecule has 2 aromatic rings. The second-order valence-corrected chi connectivity index (χ2v) is 5.46. The van der Waals surface area contributed by atoms with E-state index < -0.39 is 0 Å². The van der Waals surface area contributed by atoms with Crippen LogP contribution in [0.4, 0.5) is 0 Å². The first-order valence-corrected chi connectivity index (χ1v) is 6.76. The van der Waals surface area contributed by atoms with E-state index in [9.17, 15) is 0 Å². The van der Waals surface area contributed by atoms with Gasteiger partial charge >= 0.3 is 0 Å². The fourth-order valence-electron chi connectivity index (χ4n) is 2.19. The third-order valence-corrected chi connectivity index (χ3v) is 5.09. The molecule has 0 unspecified atom stereocenters. The average molecular weight is 428 g/mol. The van der Waals surface area contributed by atoms with Gasteiger partial charge in [0, 0.05) is 26.2 Å². The summed E-state index contributed by atoms with van der Waals surface area (Å²) in [5, 5.41) is 2.59. The Labute approximate surface area is 137 Å². The van der Waals surface area contributed by atoms with Crippen LogP contribution in [0.5, 0.6) is 0 Å². The van der Waals surface area contributed by atoms with Gasteiger partial charge in [-0.05, 0) is 10.9 Å². The minimum atomic E-state index is 0. The van der Waals surface area contributed by atoms with Crippen molar-refractivity contribution in [3.8, 4) is 0 Å². The molecule has 0 bridgehead atoms. The van der Waals surface area contributed by atoms with Gasteiger partial charge in [0.25, 0.3) is 0 Å². The normalized spacial score (nSPS) is 13.9. The summed E-state index contributed by atoms with van der Waals surface area (Å²) in [6, 6.07) is 8.49. The molecule has 3 heteroatoms. The topological polar surface area (TPSA) is 0 Å². The van der Waals surface area contributed by atoms with Gasteiger partial charge in [-0.15, -0.1) is 44.4 Å². The van der Waals surface area contributed by atoms with Crippen LogP contribution in [0.15, 0.2) is 51.4 Å². The Morgan fingerprint density at radius 2 is 1.88 bits per heavy atom. The summed E-state index contributed by atoms with van der Waals surface area (Å²) in [6.45, 7) is 0. The number of hydrogen-bond acceptors (Lipinski definition) is 0. The van der Waals surface area contributed by atoms with E-state index in [1.165, 1.54) is 26.4 Å². The first-order chi connectivity index (χ1) is 7.79. The van der Waals surface area contributed by atoms with Crippen molar-refractivity contribution in [2.24, 2.45) is 0 Å². The van der Waals surface area contributed by atoms with Gasteiger partial charge in [0.1, 0.15) is 0 Å². The maximum absolute atomic E-state index is 3.69. The van der Waals surface area contributed by atoms with Crippen LogP contribution in [0.1, 0.15) is 12.0 Å². The van der Waals surface area contributed by atoms with Crippen LogP contribution < -0.4 is 0 Å². The molecular formula is C14H9Br2Zr-. The van der Waals surface area contributed by atoms with Gasteiger partial charge in [0.05, 0.1) is 0 Å². The summed E-state index contributed by atoms with van der Waals surface area (Å²) in [7, 11) is 0. The standard InChI is InChI=1S/C14H9Br2.Zr/c15-13-11-8-4-3-7-10(11)12(14(13)16)9-5-1-2-6-9;/h1-5,7-8H,6H2;/q-1;. The molecule has 0 nitrogen and oxygen atoms in total. The molecule has 3 rings (SSSR count).